The Morgan fingerprint density at radius 3 is 2.41 bits per heavy atom. The zero-order valence-electron chi connectivity index (χ0n) is 24.3. The van der Waals surface area contributed by atoms with Crippen LogP contribution in [0.25, 0.3) is 0 Å². The fourth-order valence-electron chi connectivity index (χ4n) is 7.11. The minimum atomic E-state index is -0.701. The van der Waals surface area contributed by atoms with Crippen molar-refractivity contribution in [1.29, 1.82) is 0 Å². The van der Waals surface area contributed by atoms with E-state index in [0.717, 1.165) is 51.1 Å². The Kier molecular flexibility index (Phi) is 8.75. The Morgan fingerprint density at radius 1 is 1.00 bits per heavy atom. The highest BCUT2D eigenvalue weighted by molar-refractivity contribution is 6.00. The van der Waals surface area contributed by atoms with E-state index in [4.69, 9.17) is 5.10 Å². The van der Waals surface area contributed by atoms with E-state index in [1.807, 2.05) is 11.0 Å². The lowest BCUT2D eigenvalue weighted by atomic mass is 9.79. The number of hydrogen-bond acceptors (Lipinski definition) is 4. The van der Waals surface area contributed by atoms with E-state index in [-0.39, 0.29) is 17.9 Å². The number of likely N-dealkylation sites (tertiary alicyclic amines) is 1. The molecule has 3 heterocycles. The molecule has 1 N–H and O–H groups in total. The fraction of sp³-hybridized carbons (Fsp3) is 0.656. The molecular weight excluding hydrogens is 486 g/mol. The van der Waals surface area contributed by atoms with Crippen LogP contribution >= 0.6 is 0 Å². The number of unbranched alkanes of at least 4 members (excludes halogenated alkanes) is 1. The lowest BCUT2D eigenvalue weighted by Gasteiger charge is -2.52. The van der Waals surface area contributed by atoms with Crippen LogP contribution in [0, 0.1) is 19.8 Å². The van der Waals surface area contributed by atoms with Crippen molar-refractivity contribution in [2.24, 2.45) is 5.92 Å². The molecule has 0 bridgehead atoms. The van der Waals surface area contributed by atoms with Gasteiger partial charge in [0.25, 0.3) is 0 Å². The summed E-state index contributed by atoms with van der Waals surface area (Å²) in [7, 11) is 0. The highest BCUT2D eigenvalue weighted by Crippen LogP contribution is 2.36. The van der Waals surface area contributed by atoms with Crippen molar-refractivity contribution in [2.75, 3.05) is 19.6 Å². The van der Waals surface area contributed by atoms with E-state index >= 15 is 0 Å². The largest absolute Gasteiger partial charge is 0.342 e. The number of carbonyl (C=O) groups excluding carboxylic acids is 2. The molecule has 2 amide bonds. The van der Waals surface area contributed by atoms with Crippen LogP contribution in [0.4, 0.5) is 0 Å². The van der Waals surface area contributed by atoms with Crippen molar-refractivity contribution in [3.63, 3.8) is 0 Å². The van der Waals surface area contributed by atoms with E-state index in [2.05, 4.69) is 59.9 Å². The Hall–Kier alpha value is -2.67. The highest BCUT2D eigenvalue weighted by Gasteiger charge is 2.53. The average molecular weight is 534 g/mol. The molecule has 212 valence electrons. The molecule has 39 heavy (non-hydrogen) atoms. The normalized spacial score (nSPS) is 22.4. The fourth-order valence-corrected chi connectivity index (χ4v) is 7.11. The second kappa shape index (κ2) is 12.2. The molecule has 3 fully saturated rings. The number of aromatic nitrogens is 2. The van der Waals surface area contributed by atoms with Crippen molar-refractivity contribution >= 4 is 11.8 Å². The van der Waals surface area contributed by atoms with Crippen LogP contribution in [0.1, 0.15) is 93.6 Å². The standard InChI is InChI=1S/C32H47N5O2/c1-4-5-18-36-30(38)29(21-26-12-8-6-9-13-26)33-31(39)32(36)16-19-35(20-17-32)23-28-24(2)34-37(25(28)3)22-27-14-10-7-11-15-27/h7,10-11,14-15,26,29H,4-6,8-9,12-13,16-23H2,1-3H3,(H,33,39)/t29-/m0/s1. The Balaban J connectivity index is 1.26. The van der Waals surface area contributed by atoms with Gasteiger partial charge in [0.1, 0.15) is 11.6 Å². The summed E-state index contributed by atoms with van der Waals surface area (Å²) in [4.78, 5) is 32.0. The maximum absolute atomic E-state index is 13.8. The van der Waals surface area contributed by atoms with Crippen LogP contribution in [-0.4, -0.2) is 62.6 Å². The van der Waals surface area contributed by atoms with Crippen LogP contribution in [-0.2, 0) is 22.7 Å². The van der Waals surface area contributed by atoms with Crippen molar-refractivity contribution in [3.05, 3.63) is 52.8 Å². The molecule has 1 aromatic heterocycles. The van der Waals surface area contributed by atoms with E-state index in [9.17, 15) is 9.59 Å². The summed E-state index contributed by atoms with van der Waals surface area (Å²) >= 11 is 0. The number of piperidine rings is 1. The molecule has 1 aliphatic carbocycles. The number of rotatable bonds is 9. The average Bonchev–Trinajstić information content (AvgIpc) is 3.21. The lowest BCUT2D eigenvalue weighted by molar-refractivity contribution is -0.162. The number of aryl methyl sites for hydroxylation is 1. The SMILES string of the molecule is CCCCN1C(=O)[C@H](CC2CCCCC2)NC(=O)C12CCN(Cc1c(C)nn(Cc3ccccc3)c1C)CC2. The van der Waals surface area contributed by atoms with Crippen LogP contribution in [0.15, 0.2) is 30.3 Å². The predicted molar refractivity (Wildman–Crippen MR) is 154 cm³/mol. The van der Waals surface area contributed by atoms with Gasteiger partial charge in [-0.25, -0.2) is 0 Å². The first-order valence-electron chi connectivity index (χ1n) is 15.3. The van der Waals surface area contributed by atoms with E-state index < -0.39 is 5.54 Å². The molecule has 1 atom stereocenters. The summed E-state index contributed by atoms with van der Waals surface area (Å²) in [5.41, 5.74) is 4.10. The molecule has 2 aliphatic heterocycles. The van der Waals surface area contributed by atoms with Crippen molar-refractivity contribution in [1.82, 2.24) is 24.9 Å². The van der Waals surface area contributed by atoms with Crippen LogP contribution in [0.2, 0.25) is 0 Å². The molecular formula is C32H47N5O2. The maximum atomic E-state index is 13.8. The van der Waals surface area contributed by atoms with Gasteiger partial charge in [0, 0.05) is 37.4 Å². The Morgan fingerprint density at radius 2 is 1.72 bits per heavy atom. The number of nitrogens with zero attached hydrogens (tertiary/aromatic N) is 4. The van der Waals surface area contributed by atoms with Crippen LogP contribution < -0.4 is 5.32 Å². The van der Waals surface area contributed by atoms with Crippen LogP contribution in [0.5, 0.6) is 0 Å². The summed E-state index contributed by atoms with van der Waals surface area (Å²) in [6, 6.07) is 10.1. The molecule has 5 rings (SSSR count). The zero-order valence-corrected chi connectivity index (χ0v) is 24.3. The topological polar surface area (TPSA) is 70.5 Å². The van der Waals surface area contributed by atoms with E-state index in [1.54, 1.807) is 0 Å². The number of nitrogens with one attached hydrogen (secondary N) is 1. The molecule has 2 aromatic rings. The molecule has 3 aliphatic rings. The smallest absolute Gasteiger partial charge is 0.246 e. The van der Waals surface area contributed by atoms with E-state index in [0.29, 0.717) is 25.3 Å². The van der Waals surface area contributed by atoms with Gasteiger partial charge in [0.05, 0.1) is 12.2 Å². The van der Waals surface area contributed by atoms with Crippen LogP contribution in [0.3, 0.4) is 0 Å². The van der Waals surface area contributed by atoms with Crippen molar-refractivity contribution < 1.29 is 9.59 Å². The molecule has 2 saturated heterocycles. The Bertz CT molecular complexity index is 1130. The van der Waals surface area contributed by atoms with Gasteiger partial charge in [-0.3, -0.25) is 19.2 Å². The van der Waals surface area contributed by atoms with Gasteiger partial charge in [0.15, 0.2) is 0 Å². The lowest BCUT2D eigenvalue weighted by Crippen LogP contribution is -2.73. The van der Waals surface area contributed by atoms with Crippen molar-refractivity contribution in [2.45, 2.75) is 110 Å². The zero-order chi connectivity index (χ0) is 27.4. The molecule has 1 spiro atoms. The van der Waals surface area contributed by atoms with Gasteiger partial charge in [-0.05, 0) is 51.0 Å². The third-order valence-electron chi connectivity index (χ3n) is 9.61. The predicted octanol–water partition coefficient (Wildman–Crippen LogP) is 4.98. The summed E-state index contributed by atoms with van der Waals surface area (Å²) in [5.74, 6) is 0.809. The molecule has 7 nitrogen and oxygen atoms in total. The Labute approximate surface area is 234 Å². The first kappa shape index (κ1) is 27.9. The highest BCUT2D eigenvalue weighted by atomic mass is 16.2. The van der Waals surface area contributed by atoms with E-state index in [1.165, 1.54) is 48.9 Å². The van der Waals surface area contributed by atoms with Gasteiger partial charge in [-0.15, -0.1) is 0 Å². The van der Waals surface area contributed by atoms with Gasteiger partial charge >= 0.3 is 0 Å². The number of amides is 2. The number of piperazine rings is 1. The molecule has 0 unspecified atom stereocenters. The first-order valence-corrected chi connectivity index (χ1v) is 15.3. The van der Waals surface area contributed by atoms with Gasteiger partial charge in [0.2, 0.25) is 11.8 Å². The number of benzene rings is 1. The summed E-state index contributed by atoms with van der Waals surface area (Å²) in [5, 5.41) is 8.08. The van der Waals surface area contributed by atoms with Crippen molar-refractivity contribution in [3.8, 4) is 0 Å². The first-order chi connectivity index (χ1) is 18.9. The second-order valence-electron chi connectivity index (χ2n) is 12.2. The second-order valence-corrected chi connectivity index (χ2v) is 12.2. The summed E-state index contributed by atoms with van der Waals surface area (Å²) in [6.45, 7) is 10.3. The maximum Gasteiger partial charge on any atom is 0.246 e. The minimum Gasteiger partial charge on any atom is -0.342 e. The number of hydrogen-bond donors (Lipinski definition) is 1. The van der Waals surface area contributed by atoms with Gasteiger partial charge in [-0.1, -0.05) is 75.8 Å². The summed E-state index contributed by atoms with van der Waals surface area (Å²) in [6.07, 6.45) is 10.3. The third kappa shape index (κ3) is 5.93. The third-order valence-corrected chi connectivity index (χ3v) is 9.61. The van der Waals surface area contributed by atoms with Gasteiger partial charge < -0.3 is 10.2 Å². The molecule has 7 heteroatoms. The molecule has 1 saturated carbocycles. The minimum absolute atomic E-state index is 0.0849. The summed E-state index contributed by atoms with van der Waals surface area (Å²) < 4.78 is 2.11. The monoisotopic (exact) mass is 533 g/mol. The quantitative estimate of drug-likeness (QED) is 0.494. The van der Waals surface area contributed by atoms with Gasteiger partial charge in [-0.2, -0.15) is 5.10 Å². The number of carbonyl (C=O) groups is 2. The molecule has 1 aromatic carbocycles. The molecule has 0 radical (unpaired) electrons.